The fraction of sp³-hybridized carbons (Fsp3) is 0.571. The second-order valence-corrected chi connectivity index (χ2v) is 5.55. The summed E-state index contributed by atoms with van der Waals surface area (Å²) in [4.78, 5) is 0. The van der Waals surface area contributed by atoms with Crippen molar-refractivity contribution in [1.82, 2.24) is 0 Å². The van der Waals surface area contributed by atoms with Crippen molar-refractivity contribution in [3.05, 3.63) is 28.2 Å². The first-order valence-electron chi connectivity index (χ1n) is 6.26. The number of hydrogen-bond acceptors (Lipinski definition) is 3. The van der Waals surface area contributed by atoms with Gasteiger partial charge in [-0.15, -0.1) is 0 Å². The fourth-order valence-corrected chi connectivity index (χ4v) is 2.37. The third kappa shape index (κ3) is 3.70. The molecule has 2 rings (SSSR count). The number of ether oxygens (including phenoxy) is 3. The van der Waals surface area contributed by atoms with Crippen LogP contribution in [0.3, 0.4) is 0 Å². The molecule has 1 aromatic carbocycles. The van der Waals surface area contributed by atoms with Gasteiger partial charge in [-0.3, -0.25) is 0 Å². The third-order valence-corrected chi connectivity index (χ3v) is 3.58. The van der Waals surface area contributed by atoms with E-state index >= 15 is 0 Å². The van der Waals surface area contributed by atoms with E-state index in [2.05, 4.69) is 22.0 Å². The van der Waals surface area contributed by atoms with E-state index in [0.717, 1.165) is 22.4 Å². The van der Waals surface area contributed by atoms with Gasteiger partial charge in [0, 0.05) is 0 Å². The molecule has 0 radical (unpaired) electrons. The van der Waals surface area contributed by atoms with Crippen LogP contribution in [-0.2, 0) is 9.47 Å². The molecule has 1 fully saturated rings. The molecule has 2 atom stereocenters. The average Bonchev–Trinajstić information content (AvgIpc) is 3.12. The van der Waals surface area contributed by atoms with Crippen LogP contribution in [0.2, 0.25) is 0 Å². The molecule has 0 bridgehead atoms. The molecule has 0 amide bonds. The number of halogens is 1. The Morgan fingerprint density at radius 1 is 1.39 bits per heavy atom. The zero-order valence-electron chi connectivity index (χ0n) is 11.0. The van der Waals surface area contributed by atoms with Gasteiger partial charge < -0.3 is 14.2 Å². The molecule has 1 aliphatic rings. The van der Waals surface area contributed by atoms with Gasteiger partial charge in [-0.1, -0.05) is 12.1 Å². The topological polar surface area (TPSA) is 31.0 Å². The molecule has 0 saturated carbocycles. The molecule has 1 aromatic rings. The Balaban J connectivity index is 2.05. The highest BCUT2D eigenvalue weighted by molar-refractivity contribution is 9.10. The van der Waals surface area contributed by atoms with Crippen molar-refractivity contribution in [3.8, 4) is 5.75 Å². The quantitative estimate of drug-likeness (QED) is 0.750. The molecule has 0 N–H and O–H groups in total. The smallest absolute Gasteiger partial charge is 0.134 e. The van der Waals surface area contributed by atoms with Crippen LogP contribution in [0.25, 0.3) is 0 Å². The summed E-state index contributed by atoms with van der Waals surface area (Å²) in [7, 11) is 0. The summed E-state index contributed by atoms with van der Waals surface area (Å²) in [6.07, 6.45) is 0.480. The molecule has 0 aliphatic carbocycles. The Morgan fingerprint density at radius 3 is 2.72 bits per heavy atom. The largest absolute Gasteiger partial charge is 0.490 e. The number of benzene rings is 1. The first kappa shape index (κ1) is 13.8. The standard InChI is InChI=1S/C14H19BrO3/c1-9(2)18-13-6-4-5-12(14(13)15)10(3)16-7-11-8-17-11/h4-6,9-11H,7-8H2,1-3H3/t10-,11+/m1/s1. The zero-order valence-corrected chi connectivity index (χ0v) is 12.6. The van der Waals surface area contributed by atoms with Crippen molar-refractivity contribution in [3.63, 3.8) is 0 Å². The van der Waals surface area contributed by atoms with Crippen molar-refractivity contribution >= 4 is 15.9 Å². The first-order chi connectivity index (χ1) is 8.58. The second kappa shape index (κ2) is 6.04. The molecular weight excluding hydrogens is 296 g/mol. The van der Waals surface area contributed by atoms with Crippen LogP contribution >= 0.6 is 15.9 Å². The molecular formula is C14H19BrO3. The maximum Gasteiger partial charge on any atom is 0.134 e. The Hall–Kier alpha value is -0.580. The fourth-order valence-electron chi connectivity index (χ4n) is 1.69. The molecule has 0 aromatic heterocycles. The van der Waals surface area contributed by atoms with Gasteiger partial charge in [-0.2, -0.15) is 0 Å². The van der Waals surface area contributed by atoms with Gasteiger partial charge in [0.05, 0.1) is 29.9 Å². The predicted octanol–water partition coefficient (Wildman–Crippen LogP) is 3.71. The monoisotopic (exact) mass is 314 g/mol. The van der Waals surface area contributed by atoms with Crippen molar-refractivity contribution in [2.45, 2.75) is 39.1 Å². The van der Waals surface area contributed by atoms with Gasteiger partial charge in [-0.05, 0) is 48.3 Å². The van der Waals surface area contributed by atoms with Gasteiger partial charge in [0.2, 0.25) is 0 Å². The van der Waals surface area contributed by atoms with Gasteiger partial charge in [0.1, 0.15) is 11.9 Å². The van der Waals surface area contributed by atoms with Crippen LogP contribution in [0.5, 0.6) is 5.75 Å². The molecule has 100 valence electrons. The highest BCUT2D eigenvalue weighted by Gasteiger charge is 2.24. The van der Waals surface area contributed by atoms with E-state index in [4.69, 9.17) is 14.2 Å². The van der Waals surface area contributed by atoms with Gasteiger partial charge >= 0.3 is 0 Å². The lowest BCUT2D eigenvalue weighted by molar-refractivity contribution is 0.0533. The van der Waals surface area contributed by atoms with Crippen molar-refractivity contribution < 1.29 is 14.2 Å². The van der Waals surface area contributed by atoms with E-state index in [1.165, 1.54) is 0 Å². The van der Waals surface area contributed by atoms with Crippen LogP contribution in [0.1, 0.15) is 32.4 Å². The van der Waals surface area contributed by atoms with Crippen molar-refractivity contribution in [2.24, 2.45) is 0 Å². The Morgan fingerprint density at radius 2 is 2.11 bits per heavy atom. The van der Waals surface area contributed by atoms with Gasteiger partial charge in [-0.25, -0.2) is 0 Å². The summed E-state index contributed by atoms with van der Waals surface area (Å²) in [6, 6.07) is 6.01. The minimum atomic E-state index is 0.0271. The minimum Gasteiger partial charge on any atom is -0.490 e. The normalized spacial score (nSPS) is 19.9. The highest BCUT2D eigenvalue weighted by atomic mass is 79.9. The van der Waals surface area contributed by atoms with Crippen molar-refractivity contribution in [2.75, 3.05) is 13.2 Å². The van der Waals surface area contributed by atoms with Crippen LogP contribution < -0.4 is 4.74 Å². The summed E-state index contributed by atoms with van der Waals surface area (Å²) < 4.78 is 17.6. The van der Waals surface area contributed by atoms with Crippen LogP contribution in [0.15, 0.2) is 22.7 Å². The highest BCUT2D eigenvalue weighted by Crippen LogP contribution is 2.34. The van der Waals surface area contributed by atoms with Crippen molar-refractivity contribution in [1.29, 1.82) is 0 Å². The number of rotatable bonds is 6. The predicted molar refractivity (Wildman–Crippen MR) is 74.0 cm³/mol. The SMILES string of the molecule is CC(C)Oc1cccc([C@@H](C)OC[C@H]2CO2)c1Br. The minimum absolute atomic E-state index is 0.0271. The van der Waals surface area contributed by atoms with E-state index < -0.39 is 0 Å². The summed E-state index contributed by atoms with van der Waals surface area (Å²) in [5.41, 5.74) is 1.11. The summed E-state index contributed by atoms with van der Waals surface area (Å²) in [5.74, 6) is 0.862. The van der Waals surface area contributed by atoms with E-state index in [-0.39, 0.29) is 12.2 Å². The average molecular weight is 315 g/mol. The zero-order chi connectivity index (χ0) is 13.1. The summed E-state index contributed by atoms with van der Waals surface area (Å²) in [5, 5.41) is 0. The third-order valence-electron chi connectivity index (χ3n) is 2.73. The lowest BCUT2D eigenvalue weighted by atomic mass is 10.1. The maximum absolute atomic E-state index is 5.78. The maximum atomic E-state index is 5.78. The lowest BCUT2D eigenvalue weighted by Crippen LogP contribution is -2.09. The van der Waals surface area contributed by atoms with E-state index in [1.54, 1.807) is 0 Å². The Bertz CT molecular complexity index is 402. The molecule has 18 heavy (non-hydrogen) atoms. The Labute approximate surface area is 117 Å². The van der Waals surface area contributed by atoms with Gasteiger partial charge in [0.15, 0.2) is 0 Å². The van der Waals surface area contributed by atoms with Crippen LogP contribution in [-0.4, -0.2) is 25.4 Å². The van der Waals surface area contributed by atoms with Gasteiger partial charge in [0.25, 0.3) is 0 Å². The Kier molecular flexibility index (Phi) is 4.65. The molecule has 3 nitrogen and oxygen atoms in total. The molecule has 4 heteroatoms. The first-order valence-corrected chi connectivity index (χ1v) is 7.05. The molecule has 0 spiro atoms. The summed E-state index contributed by atoms with van der Waals surface area (Å²) >= 11 is 3.60. The van der Waals surface area contributed by atoms with E-state index in [1.807, 2.05) is 32.9 Å². The van der Waals surface area contributed by atoms with Crippen LogP contribution in [0, 0.1) is 0 Å². The second-order valence-electron chi connectivity index (χ2n) is 4.76. The number of epoxide rings is 1. The molecule has 1 heterocycles. The molecule has 1 aliphatic heterocycles. The van der Waals surface area contributed by atoms with Crippen LogP contribution in [0.4, 0.5) is 0 Å². The lowest BCUT2D eigenvalue weighted by Gasteiger charge is -2.18. The van der Waals surface area contributed by atoms with E-state index in [9.17, 15) is 0 Å². The number of hydrogen-bond donors (Lipinski definition) is 0. The molecule has 1 saturated heterocycles. The summed E-state index contributed by atoms with van der Waals surface area (Å²) in [6.45, 7) is 7.56. The molecule has 0 unspecified atom stereocenters. The van der Waals surface area contributed by atoms with E-state index in [0.29, 0.717) is 12.7 Å².